The molecule has 0 aliphatic carbocycles. The first-order valence-corrected chi connectivity index (χ1v) is 9.77. The molecule has 7 heteroatoms. The van der Waals surface area contributed by atoms with Crippen molar-refractivity contribution in [2.75, 3.05) is 19.6 Å². The minimum atomic E-state index is -0.330. The summed E-state index contributed by atoms with van der Waals surface area (Å²) in [5, 5.41) is 8.18. The van der Waals surface area contributed by atoms with Gasteiger partial charge in [0.2, 0.25) is 5.91 Å². The van der Waals surface area contributed by atoms with E-state index in [1.54, 1.807) is 18.4 Å². The lowest BCUT2D eigenvalue weighted by Gasteiger charge is -2.35. The third kappa shape index (κ3) is 5.60. The quantitative estimate of drug-likeness (QED) is 0.650. The Morgan fingerprint density at radius 2 is 1.93 bits per heavy atom. The van der Waals surface area contributed by atoms with Gasteiger partial charge in [-0.15, -0.1) is 0 Å². The van der Waals surface area contributed by atoms with Gasteiger partial charge in [-0.1, -0.05) is 31.2 Å². The van der Waals surface area contributed by atoms with Gasteiger partial charge < -0.3 is 20.4 Å². The molecule has 3 N–H and O–H groups in total. The van der Waals surface area contributed by atoms with Gasteiger partial charge in [-0.3, -0.25) is 9.69 Å². The van der Waals surface area contributed by atoms with Crippen LogP contribution in [0.4, 0.5) is 4.79 Å². The van der Waals surface area contributed by atoms with E-state index in [0.717, 1.165) is 25.9 Å². The van der Waals surface area contributed by atoms with Gasteiger partial charge in [-0.05, 0) is 36.1 Å². The van der Waals surface area contributed by atoms with E-state index in [4.69, 9.17) is 4.42 Å². The summed E-state index contributed by atoms with van der Waals surface area (Å²) in [7, 11) is 0. The fourth-order valence-corrected chi connectivity index (χ4v) is 3.46. The van der Waals surface area contributed by atoms with Crippen molar-refractivity contribution in [1.82, 2.24) is 20.9 Å². The average Bonchev–Trinajstić information content (AvgIpc) is 3.24. The topological polar surface area (TPSA) is 86.6 Å². The lowest BCUT2D eigenvalue weighted by molar-refractivity contribution is -0.120. The summed E-state index contributed by atoms with van der Waals surface area (Å²) >= 11 is 0. The third-order valence-corrected chi connectivity index (χ3v) is 5.10. The van der Waals surface area contributed by atoms with Crippen molar-refractivity contribution in [3.8, 4) is 0 Å². The smallest absolute Gasteiger partial charge is 0.315 e. The fraction of sp³-hybridized carbons (Fsp3) is 0.429. The molecule has 2 aromatic rings. The van der Waals surface area contributed by atoms with Crippen LogP contribution in [-0.4, -0.2) is 42.5 Å². The Labute approximate surface area is 165 Å². The first kappa shape index (κ1) is 19.9. The maximum Gasteiger partial charge on any atom is 0.315 e. The predicted octanol–water partition coefficient (Wildman–Crippen LogP) is 2.03. The Hall–Kier alpha value is -2.80. The molecule has 7 nitrogen and oxygen atoms in total. The van der Waals surface area contributed by atoms with Crippen molar-refractivity contribution < 1.29 is 14.0 Å². The van der Waals surface area contributed by atoms with E-state index in [0.29, 0.717) is 18.8 Å². The van der Waals surface area contributed by atoms with Gasteiger partial charge in [0, 0.05) is 25.7 Å². The number of rotatable bonds is 8. The van der Waals surface area contributed by atoms with Gasteiger partial charge in [0.1, 0.15) is 5.76 Å². The second kappa shape index (κ2) is 9.94. The first-order valence-electron chi connectivity index (χ1n) is 9.77. The summed E-state index contributed by atoms with van der Waals surface area (Å²) in [6, 6.07) is 12.0. The molecule has 0 saturated carbocycles. The molecule has 3 rings (SSSR count). The monoisotopic (exact) mass is 384 g/mol. The molecule has 0 saturated heterocycles. The predicted molar refractivity (Wildman–Crippen MR) is 107 cm³/mol. The van der Waals surface area contributed by atoms with Crippen LogP contribution in [0.25, 0.3) is 0 Å². The fourth-order valence-electron chi connectivity index (χ4n) is 3.46. The number of carbonyl (C=O) groups is 2. The van der Waals surface area contributed by atoms with Gasteiger partial charge in [-0.2, -0.15) is 0 Å². The number of carbonyl (C=O) groups excluding carboxylic acids is 2. The molecule has 0 radical (unpaired) electrons. The lowest BCUT2D eigenvalue weighted by atomic mass is 9.98. The van der Waals surface area contributed by atoms with Crippen molar-refractivity contribution >= 4 is 11.9 Å². The summed E-state index contributed by atoms with van der Waals surface area (Å²) < 4.78 is 5.15. The van der Waals surface area contributed by atoms with E-state index in [2.05, 4.69) is 52.0 Å². The molecule has 28 heavy (non-hydrogen) atoms. The van der Waals surface area contributed by atoms with Crippen LogP contribution in [0.3, 0.4) is 0 Å². The minimum absolute atomic E-state index is 0.0690. The summed E-state index contributed by atoms with van der Waals surface area (Å²) in [4.78, 5) is 26.3. The zero-order valence-corrected chi connectivity index (χ0v) is 16.2. The Morgan fingerprint density at radius 3 is 2.68 bits per heavy atom. The molecule has 0 bridgehead atoms. The highest BCUT2D eigenvalue weighted by atomic mass is 16.3. The van der Waals surface area contributed by atoms with E-state index in [1.165, 1.54) is 11.1 Å². The van der Waals surface area contributed by atoms with E-state index in [1.807, 2.05) is 0 Å². The lowest BCUT2D eigenvalue weighted by Crippen LogP contribution is -2.49. The van der Waals surface area contributed by atoms with Gasteiger partial charge in [0.25, 0.3) is 0 Å². The highest BCUT2D eigenvalue weighted by molar-refractivity contribution is 5.83. The van der Waals surface area contributed by atoms with Crippen LogP contribution in [0, 0.1) is 0 Å². The molecule has 1 aromatic carbocycles. The number of fused-ring (bicyclic) bond motifs is 1. The summed E-state index contributed by atoms with van der Waals surface area (Å²) in [6.07, 6.45) is 3.54. The standard InChI is InChI=1S/C21H28N4O3/c1-2-18(25-10-9-16-6-3-4-7-17(16)15-25)12-23-21(27)24-14-20(26)22-13-19-8-5-11-28-19/h3-8,11,18H,2,9-10,12-15H2,1H3,(H,22,26)(H2,23,24,27). The highest BCUT2D eigenvalue weighted by Gasteiger charge is 2.22. The summed E-state index contributed by atoms with van der Waals surface area (Å²) in [5.41, 5.74) is 2.78. The number of furan rings is 1. The highest BCUT2D eigenvalue weighted by Crippen LogP contribution is 2.21. The molecular formula is C21H28N4O3. The van der Waals surface area contributed by atoms with Crippen molar-refractivity contribution in [3.05, 3.63) is 59.5 Å². The third-order valence-electron chi connectivity index (χ3n) is 5.10. The Balaban J connectivity index is 1.37. The molecule has 150 valence electrons. The number of nitrogens with one attached hydrogen (secondary N) is 3. The van der Waals surface area contributed by atoms with Crippen LogP contribution in [0.1, 0.15) is 30.2 Å². The van der Waals surface area contributed by atoms with Gasteiger partial charge in [0.15, 0.2) is 0 Å². The molecule has 1 unspecified atom stereocenters. The second-order valence-electron chi connectivity index (χ2n) is 6.97. The van der Waals surface area contributed by atoms with E-state index >= 15 is 0 Å². The van der Waals surface area contributed by atoms with E-state index in [-0.39, 0.29) is 24.5 Å². The number of urea groups is 1. The zero-order valence-electron chi connectivity index (χ0n) is 16.2. The molecule has 1 aliphatic heterocycles. The van der Waals surface area contributed by atoms with Crippen LogP contribution in [0.15, 0.2) is 47.1 Å². The van der Waals surface area contributed by atoms with Crippen LogP contribution >= 0.6 is 0 Å². The van der Waals surface area contributed by atoms with Crippen molar-refractivity contribution in [2.24, 2.45) is 0 Å². The first-order chi connectivity index (χ1) is 13.7. The molecule has 2 heterocycles. The Kier molecular flexibility index (Phi) is 7.08. The van der Waals surface area contributed by atoms with Crippen LogP contribution in [-0.2, 0) is 24.3 Å². The van der Waals surface area contributed by atoms with Gasteiger partial charge >= 0.3 is 6.03 Å². The van der Waals surface area contributed by atoms with Crippen molar-refractivity contribution in [2.45, 2.75) is 38.9 Å². The van der Waals surface area contributed by atoms with E-state index < -0.39 is 0 Å². The molecule has 1 aromatic heterocycles. The van der Waals surface area contributed by atoms with Crippen molar-refractivity contribution in [1.29, 1.82) is 0 Å². The van der Waals surface area contributed by atoms with Crippen LogP contribution in [0.2, 0.25) is 0 Å². The molecule has 3 amide bonds. The largest absolute Gasteiger partial charge is 0.467 e. The number of nitrogens with zero attached hydrogens (tertiary/aromatic N) is 1. The van der Waals surface area contributed by atoms with Crippen LogP contribution < -0.4 is 16.0 Å². The van der Waals surface area contributed by atoms with E-state index in [9.17, 15) is 9.59 Å². The SMILES string of the molecule is CCC(CNC(=O)NCC(=O)NCc1ccco1)N1CCc2ccccc2C1. The number of benzene rings is 1. The van der Waals surface area contributed by atoms with Crippen LogP contribution in [0.5, 0.6) is 0 Å². The number of hydrogen-bond acceptors (Lipinski definition) is 4. The number of hydrogen-bond donors (Lipinski definition) is 3. The second-order valence-corrected chi connectivity index (χ2v) is 6.97. The Morgan fingerprint density at radius 1 is 1.11 bits per heavy atom. The maximum atomic E-state index is 12.0. The summed E-state index contributed by atoms with van der Waals surface area (Å²) in [6.45, 7) is 4.83. The summed E-state index contributed by atoms with van der Waals surface area (Å²) in [5.74, 6) is 0.415. The number of amides is 3. The van der Waals surface area contributed by atoms with Crippen molar-refractivity contribution in [3.63, 3.8) is 0 Å². The molecule has 0 fully saturated rings. The minimum Gasteiger partial charge on any atom is -0.467 e. The average molecular weight is 384 g/mol. The Bertz CT molecular complexity index is 776. The molecule has 1 aliphatic rings. The maximum absolute atomic E-state index is 12.0. The van der Waals surface area contributed by atoms with Gasteiger partial charge in [-0.25, -0.2) is 4.79 Å². The normalized spacial score (nSPS) is 14.8. The van der Waals surface area contributed by atoms with Gasteiger partial charge in [0.05, 0.1) is 19.4 Å². The molecule has 1 atom stereocenters. The molecule has 0 spiro atoms. The zero-order chi connectivity index (χ0) is 19.8. The molecular weight excluding hydrogens is 356 g/mol.